The molecule has 0 spiro atoms. The summed E-state index contributed by atoms with van der Waals surface area (Å²) < 4.78 is 1.06. The predicted octanol–water partition coefficient (Wildman–Crippen LogP) is 3.84. The van der Waals surface area contributed by atoms with Crippen LogP contribution in [0.1, 0.15) is 0 Å². The Morgan fingerprint density at radius 2 is 1.75 bits per heavy atom. The second-order valence-electron chi connectivity index (χ2n) is 3.44. The van der Waals surface area contributed by atoms with Gasteiger partial charge in [0.1, 0.15) is 0 Å². The van der Waals surface area contributed by atoms with Crippen molar-refractivity contribution in [2.75, 3.05) is 0 Å². The first-order valence-corrected chi connectivity index (χ1v) is 5.63. The number of fused-ring (bicyclic) bond motifs is 3. The Labute approximate surface area is 103 Å². The van der Waals surface area contributed by atoms with Gasteiger partial charge in [0.2, 0.25) is 0 Å². The number of hydrogen-bond donors (Lipinski definition) is 0. The van der Waals surface area contributed by atoms with Gasteiger partial charge >= 0.3 is 0 Å². The molecule has 1 aromatic heterocycles. The minimum absolute atomic E-state index is 0. The zero-order chi connectivity index (χ0) is 10.3. The van der Waals surface area contributed by atoms with E-state index in [2.05, 4.69) is 6.07 Å². The van der Waals surface area contributed by atoms with Crippen molar-refractivity contribution < 1.29 is 0 Å². The molecule has 3 rings (SSSR count). The molecule has 0 aliphatic carbocycles. The molecule has 0 fully saturated rings. The molecule has 0 aliphatic heterocycles. The molecule has 0 unspecified atom stereocenters. The van der Waals surface area contributed by atoms with Crippen LogP contribution in [0.5, 0.6) is 0 Å². The van der Waals surface area contributed by atoms with Crippen LogP contribution in [0.15, 0.2) is 52.6 Å². The highest BCUT2D eigenvalue weighted by Crippen LogP contribution is 2.24. The topological polar surface area (TPSA) is 17.1 Å². The highest BCUT2D eigenvalue weighted by atomic mass is 35.5. The van der Waals surface area contributed by atoms with Crippen LogP contribution in [0.4, 0.5) is 0 Å². The van der Waals surface area contributed by atoms with Gasteiger partial charge in [0.25, 0.3) is 0 Å². The maximum atomic E-state index is 11.8. The van der Waals surface area contributed by atoms with E-state index in [-0.39, 0.29) is 17.8 Å². The van der Waals surface area contributed by atoms with Crippen LogP contribution in [0.3, 0.4) is 0 Å². The third-order valence-corrected chi connectivity index (χ3v) is 3.42. The van der Waals surface area contributed by atoms with Crippen molar-refractivity contribution in [2.24, 2.45) is 0 Å². The molecule has 0 bridgehead atoms. The second kappa shape index (κ2) is 4.24. The molecule has 3 heteroatoms. The quantitative estimate of drug-likeness (QED) is 0.553. The SMILES string of the molecule is Cl.O=c1ccsc2ccc3ccccc3c12. The number of halogens is 1. The summed E-state index contributed by atoms with van der Waals surface area (Å²) in [5.41, 5.74) is 0.112. The lowest BCUT2D eigenvalue weighted by Crippen LogP contribution is -1.97. The van der Waals surface area contributed by atoms with Gasteiger partial charge < -0.3 is 0 Å². The maximum absolute atomic E-state index is 11.8. The second-order valence-corrected chi connectivity index (χ2v) is 4.39. The number of benzene rings is 2. The van der Waals surface area contributed by atoms with Gasteiger partial charge in [-0.3, -0.25) is 4.79 Å². The number of hydrogen-bond acceptors (Lipinski definition) is 2. The zero-order valence-corrected chi connectivity index (χ0v) is 9.98. The van der Waals surface area contributed by atoms with Crippen molar-refractivity contribution in [3.63, 3.8) is 0 Å². The molecule has 0 saturated heterocycles. The minimum atomic E-state index is 0. The van der Waals surface area contributed by atoms with Crippen LogP contribution in [0, 0.1) is 0 Å². The van der Waals surface area contributed by atoms with Crippen molar-refractivity contribution in [1.29, 1.82) is 0 Å². The predicted molar refractivity (Wildman–Crippen MR) is 72.8 cm³/mol. The molecule has 3 aromatic rings. The molecule has 0 amide bonds. The Balaban J connectivity index is 0.000000963. The van der Waals surface area contributed by atoms with Gasteiger partial charge in [0.15, 0.2) is 5.43 Å². The fourth-order valence-electron chi connectivity index (χ4n) is 1.86. The molecule has 16 heavy (non-hydrogen) atoms. The van der Waals surface area contributed by atoms with Crippen molar-refractivity contribution in [3.8, 4) is 0 Å². The van der Waals surface area contributed by atoms with Gasteiger partial charge in [0.05, 0.1) is 0 Å². The lowest BCUT2D eigenvalue weighted by atomic mass is 10.1. The molecule has 0 radical (unpaired) electrons. The third kappa shape index (κ3) is 1.60. The van der Waals surface area contributed by atoms with Crippen LogP contribution in [0.2, 0.25) is 0 Å². The normalized spacial score (nSPS) is 10.2. The van der Waals surface area contributed by atoms with Crippen LogP contribution >= 0.6 is 23.7 Å². The Morgan fingerprint density at radius 1 is 0.938 bits per heavy atom. The van der Waals surface area contributed by atoms with Gasteiger partial charge in [-0.15, -0.1) is 23.7 Å². The summed E-state index contributed by atoms with van der Waals surface area (Å²) >= 11 is 1.61. The summed E-state index contributed by atoms with van der Waals surface area (Å²) in [6.07, 6.45) is 0. The highest BCUT2D eigenvalue weighted by Gasteiger charge is 2.02. The Bertz CT molecular complexity index is 703. The Kier molecular flexibility index (Phi) is 2.95. The van der Waals surface area contributed by atoms with Gasteiger partial charge in [-0.25, -0.2) is 0 Å². The average Bonchev–Trinajstić information content (AvgIpc) is 2.29. The van der Waals surface area contributed by atoms with Gasteiger partial charge in [-0.05, 0) is 28.3 Å². The van der Waals surface area contributed by atoms with Crippen molar-refractivity contribution in [3.05, 3.63) is 58.1 Å². The average molecular weight is 249 g/mol. The Hall–Kier alpha value is -1.38. The van der Waals surface area contributed by atoms with E-state index < -0.39 is 0 Å². The van der Waals surface area contributed by atoms with E-state index in [9.17, 15) is 4.79 Å². The zero-order valence-electron chi connectivity index (χ0n) is 8.34. The highest BCUT2D eigenvalue weighted by molar-refractivity contribution is 7.16. The Morgan fingerprint density at radius 3 is 2.62 bits per heavy atom. The molecule has 0 aliphatic rings. The molecular weight excluding hydrogens is 240 g/mol. The molecule has 1 nitrogen and oxygen atoms in total. The smallest absolute Gasteiger partial charge is 0.188 e. The van der Waals surface area contributed by atoms with Gasteiger partial charge in [-0.1, -0.05) is 30.3 Å². The molecular formula is C13H9ClOS. The van der Waals surface area contributed by atoms with E-state index in [1.165, 1.54) is 0 Å². The molecule has 0 saturated carbocycles. The summed E-state index contributed by atoms with van der Waals surface area (Å²) in [6, 6.07) is 13.7. The maximum Gasteiger partial charge on any atom is 0.188 e. The fraction of sp³-hybridized carbons (Fsp3) is 0. The number of rotatable bonds is 0. The van der Waals surface area contributed by atoms with Crippen LogP contribution in [0.25, 0.3) is 20.9 Å². The van der Waals surface area contributed by atoms with E-state index in [1.807, 2.05) is 35.7 Å². The molecule has 1 heterocycles. The van der Waals surface area contributed by atoms with Gasteiger partial charge in [-0.2, -0.15) is 0 Å². The van der Waals surface area contributed by atoms with Crippen molar-refractivity contribution in [2.45, 2.75) is 0 Å². The first kappa shape index (κ1) is 11.1. The molecule has 0 atom stereocenters. The van der Waals surface area contributed by atoms with E-state index >= 15 is 0 Å². The summed E-state index contributed by atoms with van der Waals surface area (Å²) in [6.45, 7) is 0. The lowest BCUT2D eigenvalue weighted by Gasteiger charge is -2.00. The molecule has 2 aromatic carbocycles. The van der Waals surface area contributed by atoms with E-state index in [4.69, 9.17) is 0 Å². The monoisotopic (exact) mass is 248 g/mol. The van der Waals surface area contributed by atoms with Gasteiger partial charge in [0, 0.05) is 10.1 Å². The molecule has 80 valence electrons. The van der Waals surface area contributed by atoms with Crippen molar-refractivity contribution >= 4 is 44.6 Å². The van der Waals surface area contributed by atoms with Crippen LogP contribution in [-0.4, -0.2) is 0 Å². The third-order valence-electron chi connectivity index (χ3n) is 2.55. The van der Waals surface area contributed by atoms with Crippen molar-refractivity contribution in [1.82, 2.24) is 0 Å². The van der Waals surface area contributed by atoms with Crippen LogP contribution < -0.4 is 5.43 Å². The van der Waals surface area contributed by atoms with E-state index in [0.29, 0.717) is 0 Å². The largest absolute Gasteiger partial charge is 0.289 e. The molecule has 0 N–H and O–H groups in total. The summed E-state index contributed by atoms with van der Waals surface area (Å²) in [4.78, 5) is 11.8. The fourth-order valence-corrected chi connectivity index (χ4v) is 2.67. The standard InChI is InChI=1S/C13H8OS.ClH/c14-11-7-8-15-12-6-5-9-3-1-2-4-10(9)13(11)12;/h1-8H;1H. The summed E-state index contributed by atoms with van der Waals surface area (Å²) in [7, 11) is 0. The lowest BCUT2D eigenvalue weighted by molar-refractivity contribution is 1.74. The van der Waals surface area contributed by atoms with Crippen LogP contribution in [-0.2, 0) is 0 Å². The summed E-state index contributed by atoms with van der Waals surface area (Å²) in [5.74, 6) is 0. The first-order valence-electron chi connectivity index (χ1n) is 4.75. The van der Waals surface area contributed by atoms with E-state index in [0.717, 1.165) is 20.9 Å². The van der Waals surface area contributed by atoms with E-state index in [1.54, 1.807) is 17.4 Å². The minimum Gasteiger partial charge on any atom is -0.289 e. The summed E-state index contributed by atoms with van der Waals surface area (Å²) in [5, 5.41) is 4.87. The first-order chi connectivity index (χ1) is 7.36.